The van der Waals surface area contributed by atoms with Crippen molar-refractivity contribution in [1.29, 1.82) is 0 Å². The molecule has 2 rings (SSSR count). The highest BCUT2D eigenvalue weighted by atomic mass is 16.5. The number of amides is 2. The van der Waals surface area contributed by atoms with Gasteiger partial charge in [0, 0.05) is 6.54 Å². The molecule has 0 atom stereocenters. The number of hydrogen-bond acceptors (Lipinski definition) is 5. The predicted octanol–water partition coefficient (Wildman–Crippen LogP) is 1.39. The maximum atomic E-state index is 11.9. The van der Waals surface area contributed by atoms with Gasteiger partial charge in [0.25, 0.3) is 11.8 Å². The summed E-state index contributed by atoms with van der Waals surface area (Å²) in [5.41, 5.74) is 5.85. The van der Waals surface area contributed by atoms with Gasteiger partial charge < -0.3 is 24.9 Å². The molecule has 1 aromatic heterocycles. The van der Waals surface area contributed by atoms with Gasteiger partial charge in [0.2, 0.25) is 0 Å². The Morgan fingerprint density at radius 3 is 2.61 bits per heavy atom. The van der Waals surface area contributed by atoms with Crippen LogP contribution in [0, 0.1) is 6.92 Å². The van der Waals surface area contributed by atoms with E-state index in [1.807, 2.05) is 0 Å². The standard InChI is InChI=1S/C16H18N2O5/c1-10-3-5-13(23-10)16(20)18-8-11-4-6-12(14(7-11)21-2)22-9-15(17)19/h3-7H,8-9H2,1-2H3,(H2,17,19)(H,18,20). The van der Waals surface area contributed by atoms with Crippen LogP contribution in [0.3, 0.4) is 0 Å². The van der Waals surface area contributed by atoms with Gasteiger partial charge in [-0.25, -0.2) is 0 Å². The number of nitrogens with two attached hydrogens (primary N) is 1. The molecule has 7 heteroatoms. The molecule has 1 aromatic carbocycles. The van der Waals surface area contributed by atoms with E-state index in [0.717, 1.165) is 5.56 Å². The van der Waals surface area contributed by atoms with E-state index in [1.54, 1.807) is 37.3 Å². The molecule has 23 heavy (non-hydrogen) atoms. The Hall–Kier alpha value is -2.96. The fourth-order valence-electron chi connectivity index (χ4n) is 1.92. The number of rotatable bonds is 7. The summed E-state index contributed by atoms with van der Waals surface area (Å²) in [6, 6.07) is 8.46. The number of ether oxygens (including phenoxy) is 2. The molecule has 7 nitrogen and oxygen atoms in total. The van der Waals surface area contributed by atoms with Crippen molar-refractivity contribution in [3.8, 4) is 11.5 Å². The summed E-state index contributed by atoms with van der Waals surface area (Å²) in [5.74, 6) is 0.918. The monoisotopic (exact) mass is 318 g/mol. The van der Waals surface area contributed by atoms with Crippen molar-refractivity contribution < 1.29 is 23.5 Å². The van der Waals surface area contributed by atoms with Crippen LogP contribution in [0.15, 0.2) is 34.7 Å². The Morgan fingerprint density at radius 2 is 2.00 bits per heavy atom. The highest BCUT2D eigenvalue weighted by Gasteiger charge is 2.11. The molecule has 0 unspecified atom stereocenters. The fraction of sp³-hybridized carbons (Fsp3) is 0.250. The van der Waals surface area contributed by atoms with Gasteiger partial charge in [-0.1, -0.05) is 6.07 Å². The van der Waals surface area contributed by atoms with Gasteiger partial charge in [-0.15, -0.1) is 0 Å². The van der Waals surface area contributed by atoms with Gasteiger partial charge in [0.05, 0.1) is 7.11 Å². The number of hydrogen-bond donors (Lipinski definition) is 2. The Labute approximate surface area is 133 Å². The summed E-state index contributed by atoms with van der Waals surface area (Å²) < 4.78 is 15.7. The second-order valence-corrected chi connectivity index (χ2v) is 4.83. The Morgan fingerprint density at radius 1 is 1.22 bits per heavy atom. The summed E-state index contributed by atoms with van der Waals surface area (Å²) in [6.07, 6.45) is 0. The number of furan rings is 1. The first-order valence-corrected chi connectivity index (χ1v) is 6.92. The normalized spacial score (nSPS) is 10.2. The summed E-state index contributed by atoms with van der Waals surface area (Å²) in [6.45, 7) is 1.84. The zero-order valence-electron chi connectivity index (χ0n) is 12.9. The SMILES string of the molecule is COc1cc(CNC(=O)c2ccc(C)o2)ccc1OCC(N)=O. The lowest BCUT2D eigenvalue weighted by molar-refractivity contribution is -0.119. The van der Waals surface area contributed by atoms with Crippen LogP contribution < -0.4 is 20.5 Å². The molecule has 3 N–H and O–H groups in total. The Balaban J connectivity index is 2.00. The largest absolute Gasteiger partial charge is 0.493 e. The van der Waals surface area contributed by atoms with Gasteiger partial charge >= 0.3 is 0 Å². The maximum absolute atomic E-state index is 11.9. The third-order valence-corrected chi connectivity index (χ3v) is 3.02. The molecule has 0 aliphatic rings. The van der Waals surface area contributed by atoms with E-state index in [1.165, 1.54) is 7.11 Å². The van der Waals surface area contributed by atoms with E-state index in [0.29, 0.717) is 23.8 Å². The second kappa shape index (κ2) is 7.35. The van der Waals surface area contributed by atoms with Gasteiger partial charge in [-0.2, -0.15) is 0 Å². The molecule has 2 amide bonds. The van der Waals surface area contributed by atoms with Gasteiger partial charge in [0.15, 0.2) is 23.9 Å². The summed E-state index contributed by atoms with van der Waals surface area (Å²) in [5, 5.41) is 2.75. The van der Waals surface area contributed by atoms with Crippen LogP contribution >= 0.6 is 0 Å². The summed E-state index contributed by atoms with van der Waals surface area (Å²) in [7, 11) is 1.49. The Kier molecular flexibility index (Phi) is 5.24. The third kappa shape index (κ3) is 4.50. The van der Waals surface area contributed by atoms with E-state index in [2.05, 4.69) is 5.32 Å². The number of nitrogens with one attached hydrogen (secondary N) is 1. The van der Waals surface area contributed by atoms with Crippen molar-refractivity contribution in [1.82, 2.24) is 5.32 Å². The highest BCUT2D eigenvalue weighted by Crippen LogP contribution is 2.28. The first-order chi connectivity index (χ1) is 11.0. The lowest BCUT2D eigenvalue weighted by Gasteiger charge is -2.11. The molecule has 122 valence electrons. The quantitative estimate of drug-likeness (QED) is 0.803. The molecule has 0 bridgehead atoms. The van der Waals surface area contributed by atoms with Gasteiger partial charge in [-0.3, -0.25) is 9.59 Å². The number of aryl methyl sites for hydroxylation is 1. The second-order valence-electron chi connectivity index (χ2n) is 4.83. The van der Waals surface area contributed by atoms with Gasteiger partial charge in [-0.05, 0) is 36.8 Å². The number of primary amides is 1. The summed E-state index contributed by atoms with van der Waals surface area (Å²) >= 11 is 0. The minimum absolute atomic E-state index is 0.232. The summed E-state index contributed by atoms with van der Waals surface area (Å²) in [4.78, 5) is 22.7. The molecule has 2 aromatic rings. The fourth-order valence-corrected chi connectivity index (χ4v) is 1.92. The van der Waals surface area contributed by atoms with E-state index in [-0.39, 0.29) is 18.3 Å². The minimum Gasteiger partial charge on any atom is -0.493 e. The number of methoxy groups -OCH3 is 1. The zero-order valence-corrected chi connectivity index (χ0v) is 12.9. The van der Waals surface area contributed by atoms with Crippen LogP contribution in [0.5, 0.6) is 11.5 Å². The molecule has 0 fully saturated rings. The highest BCUT2D eigenvalue weighted by molar-refractivity contribution is 5.91. The molecular weight excluding hydrogens is 300 g/mol. The maximum Gasteiger partial charge on any atom is 0.287 e. The average molecular weight is 318 g/mol. The molecule has 0 radical (unpaired) electrons. The van der Waals surface area contributed by atoms with E-state index in [4.69, 9.17) is 19.6 Å². The average Bonchev–Trinajstić information content (AvgIpc) is 2.97. The van der Waals surface area contributed by atoms with Crippen molar-refractivity contribution in [2.24, 2.45) is 5.73 Å². The lowest BCUT2D eigenvalue weighted by Crippen LogP contribution is -2.22. The molecule has 0 saturated carbocycles. The van der Waals surface area contributed by atoms with Gasteiger partial charge in [0.1, 0.15) is 5.76 Å². The smallest absolute Gasteiger partial charge is 0.287 e. The van der Waals surface area contributed by atoms with Crippen molar-refractivity contribution in [2.45, 2.75) is 13.5 Å². The molecular formula is C16H18N2O5. The van der Waals surface area contributed by atoms with Crippen LogP contribution in [0.1, 0.15) is 21.9 Å². The van der Waals surface area contributed by atoms with E-state index < -0.39 is 5.91 Å². The number of benzene rings is 1. The molecule has 0 aliphatic carbocycles. The topological polar surface area (TPSA) is 104 Å². The first kappa shape index (κ1) is 16.4. The minimum atomic E-state index is -0.572. The van der Waals surface area contributed by atoms with E-state index >= 15 is 0 Å². The Bertz CT molecular complexity index is 708. The molecule has 0 spiro atoms. The van der Waals surface area contributed by atoms with Crippen LogP contribution in [-0.2, 0) is 11.3 Å². The molecule has 0 aliphatic heterocycles. The third-order valence-electron chi connectivity index (χ3n) is 3.02. The van der Waals surface area contributed by atoms with Crippen LogP contribution in [0.4, 0.5) is 0 Å². The molecule has 1 heterocycles. The number of carbonyl (C=O) groups excluding carboxylic acids is 2. The molecule has 0 saturated heterocycles. The number of carbonyl (C=O) groups is 2. The van der Waals surface area contributed by atoms with Crippen LogP contribution in [0.25, 0.3) is 0 Å². The lowest BCUT2D eigenvalue weighted by atomic mass is 10.2. The van der Waals surface area contributed by atoms with Crippen molar-refractivity contribution in [3.63, 3.8) is 0 Å². The van der Waals surface area contributed by atoms with Crippen molar-refractivity contribution in [3.05, 3.63) is 47.4 Å². The zero-order chi connectivity index (χ0) is 16.8. The first-order valence-electron chi connectivity index (χ1n) is 6.92. The van der Waals surface area contributed by atoms with Crippen molar-refractivity contribution in [2.75, 3.05) is 13.7 Å². The van der Waals surface area contributed by atoms with Crippen LogP contribution in [0.2, 0.25) is 0 Å². The van der Waals surface area contributed by atoms with E-state index in [9.17, 15) is 9.59 Å². The predicted molar refractivity (Wildman–Crippen MR) is 82.3 cm³/mol. The van der Waals surface area contributed by atoms with Crippen molar-refractivity contribution >= 4 is 11.8 Å². The van der Waals surface area contributed by atoms with Crippen LogP contribution in [-0.4, -0.2) is 25.5 Å².